The lowest BCUT2D eigenvalue weighted by Crippen LogP contribution is -2.35. The molecule has 0 aliphatic rings. The maximum Gasteiger partial charge on any atom is 0.0406 e. The van der Waals surface area contributed by atoms with Crippen LogP contribution in [0.5, 0.6) is 0 Å². The molecule has 128 valence electrons. The fourth-order valence-corrected chi connectivity index (χ4v) is 1.86. The van der Waals surface area contributed by atoms with Crippen LogP contribution in [0.4, 0.5) is 0 Å². The highest BCUT2D eigenvalue weighted by atomic mass is 14.8. The molecule has 1 unspecified atom stereocenters. The lowest BCUT2D eigenvalue weighted by atomic mass is 9.96. The third-order valence-corrected chi connectivity index (χ3v) is 3.92. The molecule has 0 heterocycles. The zero-order valence-electron chi connectivity index (χ0n) is 15.0. The summed E-state index contributed by atoms with van der Waals surface area (Å²) in [5.74, 6) is 0. The summed E-state index contributed by atoms with van der Waals surface area (Å²) in [5.41, 5.74) is 14.0. The van der Waals surface area contributed by atoms with E-state index in [9.17, 15) is 0 Å². The third kappa shape index (κ3) is 9.26. The fourth-order valence-electron chi connectivity index (χ4n) is 1.86. The summed E-state index contributed by atoms with van der Waals surface area (Å²) in [4.78, 5) is 8.87. The number of nitrogens with zero attached hydrogens (tertiary/aromatic N) is 2. The first-order chi connectivity index (χ1) is 10.7. The van der Waals surface area contributed by atoms with Gasteiger partial charge in [0.15, 0.2) is 0 Å². The highest BCUT2D eigenvalue weighted by Crippen LogP contribution is 2.10. The van der Waals surface area contributed by atoms with Gasteiger partial charge in [-0.25, -0.2) is 0 Å². The predicted octanol–water partition coefficient (Wildman–Crippen LogP) is 3.17. The number of aliphatic imine (C=N–C) groups is 2. The summed E-state index contributed by atoms with van der Waals surface area (Å²) in [6.45, 7) is 9.73. The Morgan fingerprint density at radius 3 is 1.70 bits per heavy atom. The van der Waals surface area contributed by atoms with Crippen LogP contribution in [0, 0.1) is 0 Å². The van der Waals surface area contributed by atoms with Gasteiger partial charge in [0, 0.05) is 36.6 Å². The Morgan fingerprint density at radius 1 is 0.870 bits per heavy atom. The largest absolute Gasteiger partial charge is 0.325 e. The Labute approximate surface area is 141 Å². The molecule has 1 aromatic carbocycles. The van der Waals surface area contributed by atoms with E-state index in [1.807, 2.05) is 26.3 Å². The third-order valence-electron chi connectivity index (χ3n) is 3.92. The molecule has 0 aliphatic carbocycles. The van der Waals surface area contributed by atoms with Gasteiger partial charge in [-0.05, 0) is 51.2 Å². The second-order valence-corrected chi connectivity index (χ2v) is 7.23. The number of nitrogens with two attached hydrogens (primary N) is 2. The van der Waals surface area contributed by atoms with E-state index in [1.165, 1.54) is 0 Å². The lowest BCUT2D eigenvalue weighted by Gasteiger charge is -2.20. The molecule has 0 aromatic heterocycles. The van der Waals surface area contributed by atoms with Crippen LogP contribution in [0.3, 0.4) is 0 Å². The molecule has 4 heteroatoms. The highest BCUT2D eigenvalue weighted by Gasteiger charge is 2.13. The van der Waals surface area contributed by atoms with E-state index in [1.54, 1.807) is 0 Å². The van der Waals surface area contributed by atoms with Crippen molar-refractivity contribution < 1.29 is 0 Å². The molecule has 23 heavy (non-hydrogen) atoms. The van der Waals surface area contributed by atoms with E-state index in [2.05, 4.69) is 48.1 Å². The molecule has 0 aliphatic heterocycles. The van der Waals surface area contributed by atoms with E-state index in [0.717, 1.165) is 43.5 Å². The van der Waals surface area contributed by atoms with Crippen molar-refractivity contribution in [2.45, 2.75) is 58.0 Å². The van der Waals surface area contributed by atoms with Gasteiger partial charge in [0.05, 0.1) is 0 Å². The van der Waals surface area contributed by atoms with Gasteiger partial charge in [-0.3, -0.25) is 9.98 Å². The van der Waals surface area contributed by atoms with Crippen LogP contribution < -0.4 is 11.5 Å². The zero-order chi connectivity index (χ0) is 17.3. The molecule has 1 aromatic rings. The van der Waals surface area contributed by atoms with Crippen molar-refractivity contribution in [3.05, 3.63) is 35.4 Å². The summed E-state index contributed by atoms with van der Waals surface area (Å²) < 4.78 is 0. The van der Waals surface area contributed by atoms with Crippen LogP contribution in [0.25, 0.3) is 0 Å². The molecule has 0 fully saturated rings. The first-order valence-corrected chi connectivity index (χ1v) is 8.39. The average Bonchev–Trinajstić information content (AvgIpc) is 2.48. The Balaban J connectivity index is 2.43. The van der Waals surface area contributed by atoms with Gasteiger partial charge in [0.2, 0.25) is 0 Å². The maximum atomic E-state index is 6.10. The summed E-state index contributed by atoms with van der Waals surface area (Å²) >= 11 is 0. The standard InChI is InChI=1S/C19H32N4/c1-5-19(4,21)11-13-23-15-17-8-6-16(7-9-17)14-22-12-10-18(2,3)20/h6-9,14-15H,5,10-13,20-21H2,1-4H3. The summed E-state index contributed by atoms with van der Waals surface area (Å²) in [6.07, 6.45) is 6.56. The minimum absolute atomic E-state index is 0.115. The van der Waals surface area contributed by atoms with Crippen LogP contribution in [-0.4, -0.2) is 36.6 Å². The van der Waals surface area contributed by atoms with E-state index in [4.69, 9.17) is 11.5 Å². The molecule has 0 saturated carbocycles. The number of hydrogen-bond donors (Lipinski definition) is 2. The Kier molecular flexibility index (Phi) is 7.59. The summed E-state index contributed by atoms with van der Waals surface area (Å²) in [5, 5.41) is 0. The first kappa shape index (κ1) is 19.5. The normalized spacial score (nSPS) is 15.4. The van der Waals surface area contributed by atoms with E-state index in [0.29, 0.717) is 0 Å². The minimum atomic E-state index is -0.158. The van der Waals surface area contributed by atoms with Crippen molar-refractivity contribution in [3.8, 4) is 0 Å². The quantitative estimate of drug-likeness (QED) is 0.686. The van der Waals surface area contributed by atoms with Gasteiger partial charge in [-0.15, -0.1) is 0 Å². The van der Waals surface area contributed by atoms with E-state index >= 15 is 0 Å². The number of hydrogen-bond acceptors (Lipinski definition) is 4. The van der Waals surface area contributed by atoms with Crippen molar-refractivity contribution in [3.63, 3.8) is 0 Å². The van der Waals surface area contributed by atoms with Gasteiger partial charge < -0.3 is 11.5 Å². The lowest BCUT2D eigenvalue weighted by molar-refractivity contribution is 0.425. The Bertz CT molecular complexity index is 507. The second-order valence-electron chi connectivity index (χ2n) is 7.23. The highest BCUT2D eigenvalue weighted by molar-refractivity contribution is 5.84. The van der Waals surface area contributed by atoms with Crippen molar-refractivity contribution in [1.29, 1.82) is 0 Å². The number of rotatable bonds is 9. The van der Waals surface area contributed by atoms with Gasteiger partial charge in [-0.2, -0.15) is 0 Å². The fraction of sp³-hybridized carbons (Fsp3) is 0.579. The van der Waals surface area contributed by atoms with Crippen LogP contribution in [0.1, 0.15) is 58.1 Å². The summed E-state index contributed by atoms with van der Waals surface area (Å²) in [6, 6.07) is 8.22. The van der Waals surface area contributed by atoms with Gasteiger partial charge in [-0.1, -0.05) is 31.2 Å². The molecule has 0 amide bonds. The molecular weight excluding hydrogens is 284 g/mol. The van der Waals surface area contributed by atoms with E-state index < -0.39 is 0 Å². The van der Waals surface area contributed by atoms with Crippen LogP contribution in [0.15, 0.2) is 34.3 Å². The monoisotopic (exact) mass is 316 g/mol. The smallest absolute Gasteiger partial charge is 0.0406 e. The molecule has 4 nitrogen and oxygen atoms in total. The predicted molar refractivity (Wildman–Crippen MR) is 102 cm³/mol. The van der Waals surface area contributed by atoms with Crippen molar-refractivity contribution in [2.24, 2.45) is 21.5 Å². The van der Waals surface area contributed by atoms with Crippen molar-refractivity contribution >= 4 is 12.4 Å². The average molecular weight is 316 g/mol. The van der Waals surface area contributed by atoms with Crippen LogP contribution in [0.2, 0.25) is 0 Å². The zero-order valence-corrected chi connectivity index (χ0v) is 15.0. The second kappa shape index (κ2) is 8.94. The first-order valence-electron chi connectivity index (χ1n) is 8.39. The van der Waals surface area contributed by atoms with Crippen molar-refractivity contribution in [1.82, 2.24) is 0 Å². The maximum absolute atomic E-state index is 6.10. The van der Waals surface area contributed by atoms with Gasteiger partial charge in [0.25, 0.3) is 0 Å². The minimum Gasteiger partial charge on any atom is -0.325 e. The van der Waals surface area contributed by atoms with Gasteiger partial charge >= 0.3 is 0 Å². The Morgan fingerprint density at radius 2 is 1.30 bits per heavy atom. The molecule has 0 saturated heterocycles. The molecule has 0 radical (unpaired) electrons. The van der Waals surface area contributed by atoms with Gasteiger partial charge in [0.1, 0.15) is 0 Å². The molecule has 0 spiro atoms. The topological polar surface area (TPSA) is 76.8 Å². The van der Waals surface area contributed by atoms with E-state index in [-0.39, 0.29) is 11.1 Å². The molecule has 1 rings (SSSR count). The van der Waals surface area contributed by atoms with Crippen LogP contribution in [-0.2, 0) is 0 Å². The summed E-state index contributed by atoms with van der Waals surface area (Å²) in [7, 11) is 0. The molecule has 4 N–H and O–H groups in total. The van der Waals surface area contributed by atoms with Crippen LogP contribution >= 0.6 is 0 Å². The molecule has 0 bridgehead atoms. The molecular formula is C19H32N4. The number of benzene rings is 1. The Hall–Kier alpha value is -1.52. The van der Waals surface area contributed by atoms with Crippen molar-refractivity contribution in [2.75, 3.05) is 13.1 Å². The SMILES string of the molecule is CCC(C)(N)CCN=Cc1ccc(C=NCCC(C)(C)N)cc1. The molecule has 1 atom stereocenters.